The Bertz CT molecular complexity index is 1070. The molecule has 0 radical (unpaired) electrons. The fourth-order valence-corrected chi connectivity index (χ4v) is 6.83. The number of anilines is 1. The number of rotatable bonds is 4. The van der Waals surface area contributed by atoms with Crippen molar-refractivity contribution in [2.24, 2.45) is 11.3 Å². The van der Waals surface area contributed by atoms with E-state index in [0.29, 0.717) is 30.1 Å². The first-order valence-corrected chi connectivity index (χ1v) is 11.8. The summed E-state index contributed by atoms with van der Waals surface area (Å²) in [4.78, 5) is 13.3. The maximum absolute atomic E-state index is 14.8. The molecule has 1 aliphatic carbocycles. The zero-order valence-electron chi connectivity index (χ0n) is 18.4. The zero-order valence-corrected chi connectivity index (χ0v) is 18.4. The van der Waals surface area contributed by atoms with E-state index >= 15 is 0 Å². The molecule has 1 saturated carbocycles. The molecule has 5 nitrogen and oxygen atoms in total. The molecule has 4 heterocycles. The van der Waals surface area contributed by atoms with Crippen LogP contribution in [0.5, 0.6) is 6.01 Å². The summed E-state index contributed by atoms with van der Waals surface area (Å²) in [5.74, 6) is -0.255. The number of ether oxygens (including phenoxy) is 1. The van der Waals surface area contributed by atoms with Gasteiger partial charge in [-0.15, -0.1) is 0 Å². The number of fused-ring (bicyclic) bond motifs is 4. The summed E-state index contributed by atoms with van der Waals surface area (Å²) in [5, 5.41) is 0.380. The average Bonchev–Trinajstić information content (AvgIpc) is 3.35. The summed E-state index contributed by atoms with van der Waals surface area (Å²) >= 11 is 0. The highest BCUT2D eigenvalue weighted by Gasteiger charge is 2.49. The Morgan fingerprint density at radius 1 is 1.16 bits per heavy atom. The van der Waals surface area contributed by atoms with Crippen LogP contribution in [0, 0.1) is 23.0 Å². The molecule has 3 aliphatic heterocycles. The highest BCUT2D eigenvalue weighted by Crippen LogP contribution is 2.48. The van der Waals surface area contributed by atoms with Gasteiger partial charge >= 0.3 is 6.01 Å². The molecule has 4 atom stereocenters. The van der Waals surface area contributed by atoms with Crippen LogP contribution in [0.2, 0.25) is 0 Å². The Hall–Kier alpha value is -2.09. The zero-order chi connectivity index (χ0) is 22.1. The largest absolute Gasteiger partial charge is 0.461 e. The van der Waals surface area contributed by atoms with Crippen LogP contribution >= 0.6 is 0 Å². The van der Waals surface area contributed by atoms with Crippen molar-refractivity contribution in [2.45, 2.75) is 57.2 Å². The van der Waals surface area contributed by atoms with Gasteiger partial charge in [-0.1, -0.05) is 6.92 Å². The minimum atomic E-state index is -0.850. The van der Waals surface area contributed by atoms with E-state index in [1.165, 1.54) is 18.9 Å². The first kappa shape index (κ1) is 20.5. The van der Waals surface area contributed by atoms with E-state index in [0.717, 1.165) is 45.0 Å². The monoisotopic (exact) mass is 446 g/mol. The van der Waals surface area contributed by atoms with Crippen LogP contribution in [-0.4, -0.2) is 59.4 Å². The van der Waals surface area contributed by atoms with Crippen molar-refractivity contribution >= 4 is 16.7 Å². The second-order valence-electron chi connectivity index (χ2n) is 10.8. The molecule has 0 spiro atoms. The molecule has 6 rings (SSSR count). The predicted molar refractivity (Wildman–Crippen MR) is 116 cm³/mol. The van der Waals surface area contributed by atoms with Crippen molar-refractivity contribution in [2.75, 3.05) is 37.7 Å². The van der Waals surface area contributed by atoms with Crippen LogP contribution in [0.15, 0.2) is 12.1 Å². The number of alkyl halides is 1. The van der Waals surface area contributed by atoms with Gasteiger partial charge in [0.15, 0.2) is 5.82 Å². The quantitative estimate of drug-likeness (QED) is 0.692. The minimum absolute atomic E-state index is 0.0741. The summed E-state index contributed by atoms with van der Waals surface area (Å²) in [7, 11) is 0. The van der Waals surface area contributed by atoms with Gasteiger partial charge < -0.3 is 9.64 Å². The number of hydrogen-bond acceptors (Lipinski definition) is 5. The second kappa shape index (κ2) is 7.20. The minimum Gasteiger partial charge on any atom is -0.461 e. The van der Waals surface area contributed by atoms with Crippen molar-refractivity contribution in [1.29, 1.82) is 0 Å². The van der Waals surface area contributed by atoms with Gasteiger partial charge in [-0.3, -0.25) is 4.90 Å². The third-order valence-corrected chi connectivity index (χ3v) is 8.20. The summed E-state index contributed by atoms with van der Waals surface area (Å²) in [6.45, 7) is 5.49. The Kier molecular flexibility index (Phi) is 4.62. The van der Waals surface area contributed by atoms with E-state index in [9.17, 15) is 13.2 Å². The molecule has 1 aromatic heterocycles. The van der Waals surface area contributed by atoms with Crippen molar-refractivity contribution in [3.63, 3.8) is 0 Å². The fourth-order valence-electron chi connectivity index (χ4n) is 6.83. The highest BCUT2D eigenvalue weighted by molar-refractivity contribution is 5.90. The highest BCUT2D eigenvalue weighted by atomic mass is 19.1. The lowest BCUT2D eigenvalue weighted by Gasteiger charge is -2.39. The first-order valence-electron chi connectivity index (χ1n) is 11.8. The molecule has 2 bridgehead atoms. The smallest absolute Gasteiger partial charge is 0.319 e. The van der Waals surface area contributed by atoms with Gasteiger partial charge in [0.05, 0.1) is 5.54 Å². The summed E-state index contributed by atoms with van der Waals surface area (Å²) in [6, 6.07) is 2.26. The molecular weight excluding hydrogens is 417 g/mol. The SMILES string of the molecule is C[C@@]12CC[C@H](CN(c3nc(OCC45CCCN4C[C@H](F)C5)nc4c(F)cc(F)cc34)C1)C2. The molecule has 8 heteroatoms. The number of nitrogens with zero attached hydrogens (tertiary/aromatic N) is 4. The maximum Gasteiger partial charge on any atom is 0.319 e. The van der Waals surface area contributed by atoms with Crippen molar-refractivity contribution in [1.82, 2.24) is 14.9 Å². The van der Waals surface area contributed by atoms with Crippen molar-refractivity contribution in [3.05, 3.63) is 23.8 Å². The van der Waals surface area contributed by atoms with E-state index in [2.05, 4.69) is 26.7 Å². The van der Waals surface area contributed by atoms with Gasteiger partial charge in [-0.25, -0.2) is 13.2 Å². The van der Waals surface area contributed by atoms with Crippen LogP contribution in [0.4, 0.5) is 19.0 Å². The van der Waals surface area contributed by atoms with Gasteiger partial charge in [-0.05, 0) is 56.0 Å². The van der Waals surface area contributed by atoms with E-state index < -0.39 is 17.8 Å². The lowest BCUT2D eigenvalue weighted by molar-refractivity contribution is 0.107. The van der Waals surface area contributed by atoms with Crippen LogP contribution < -0.4 is 9.64 Å². The fraction of sp³-hybridized carbons (Fsp3) is 0.667. The number of aromatic nitrogens is 2. The van der Waals surface area contributed by atoms with Gasteiger partial charge in [0, 0.05) is 37.5 Å². The number of halogens is 3. The molecule has 32 heavy (non-hydrogen) atoms. The third kappa shape index (κ3) is 3.33. The summed E-state index contributed by atoms with van der Waals surface area (Å²) < 4.78 is 49.1. The maximum atomic E-state index is 14.8. The molecule has 3 saturated heterocycles. The Morgan fingerprint density at radius 2 is 2.03 bits per heavy atom. The Morgan fingerprint density at radius 3 is 2.88 bits per heavy atom. The normalized spacial score (nSPS) is 34.4. The molecule has 4 aliphatic rings. The summed E-state index contributed by atoms with van der Waals surface area (Å²) in [6.07, 6.45) is 5.00. The lowest BCUT2D eigenvalue weighted by Crippen LogP contribution is -2.44. The van der Waals surface area contributed by atoms with E-state index in [-0.39, 0.29) is 29.1 Å². The molecular formula is C24H29F3N4O. The van der Waals surface area contributed by atoms with Crippen LogP contribution in [0.25, 0.3) is 10.9 Å². The molecule has 1 aromatic carbocycles. The molecule has 172 valence electrons. The van der Waals surface area contributed by atoms with Crippen LogP contribution in [-0.2, 0) is 0 Å². The number of hydrogen-bond donors (Lipinski definition) is 0. The number of benzene rings is 1. The molecule has 0 N–H and O–H groups in total. The predicted octanol–water partition coefficient (Wildman–Crippen LogP) is 4.49. The lowest BCUT2D eigenvalue weighted by atomic mass is 9.84. The van der Waals surface area contributed by atoms with Gasteiger partial charge in [0.25, 0.3) is 0 Å². The van der Waals surface area contributed by atoms with Crippen LogP contribution in [0.3, 0.4) is 0 Å². The molecule has 2 aromatic rings. The average molecular weight is 447 g/mol. The molecule has 1 unspecified atom stereocenters. The number of piperidine rings is 1. The van der Waals surface area contributed by atoms with Crippen LogP contribution in [0.1, 0.15) is 45.4 Å². The Labute approximate surface area is 185 Å². The molecule has 0 amide bonds. The van der Waals surface area contributed by atoms with E-state index in [1.54, 1.807) is 0 Å². The molecule has 4 fully saturated rings. The summed E-state index contributed by atoms with van der Waals surface area (Å²) in [5.41, 5.74) is -0.0714. The van der Waals surface area contributed by atoms with Gasteiger partial charge in [0.1, 0.15) is 29.9 Å². The Balaban J connectivity index is 1.36. The van der Waals surface area contributed by atoms with Crippen molar-refractivity contribution in [3.8, 4) is 6.01 Å². The van der Waals surface area contributed by atoms with Gasteiger partial charge in [-0.2, -0.15) is 9.97 Å². The third-order valence-electron chi connectivity index (χ3n) is 8.20. The standard InChI is InChI=1S/C24H29F3N4O/c1-23-5-3-15(9-23)11-30(13-23)21-18-7-16(25)8-19(27)20(18)28-22(29-21)32-14-24-4-2-6-31(24)12-17(26)10-24/h7-8,15,17H,2-6,9-14H2,1H3/t15-,17+,23-,24?/m0/s1. The van der Waals surface area contributed by atoms with E-state index in [1.807, 2.05) is 0 Å². The van der Waals surface area contributed by atoms with Crippen molar-refractivity contribution < 1.29 is 17.9 Å². The first-order chi connectivity index (χ1) is 15.3. The second-order valence-corrected chi connectivity index (χ2v) is 10.8. The topological polar surface area (TPSA) is 41.5 Å². The van der Waals surface area contributed by atoms with Gasteiger partial charge in [0.2, 0.25) is 0 Å². The van der Waals surface area contributed by atoms with E-state index in [4.69, 9.17) is 4.74 Å².